The van der Waals surface area contributed by atoms with Crippen LogP contribution in [0.4, 0.5) is 15.9 Å². The summed E-state index contributed by atoms with van der Waals surface area (Å²) in [5, 5.41) is 18.5. The van der Waals surface area contributed by atoms with Crippen LogP contribution in [0.15, 0.2) is 54.7 Å². The minimum Gasteiger partial charge on any atom is -0.488 e. The molecule has 1 atom stereocenters. The lowest BCUT2D eigenvalue weighted by Crippen LogP contribution is -2.77. The topological polar surface area (TPSA) is 182 Å². The summed E-state index contributed by atoms with van der Waals surface area (Å²) in [4.78, 5) is 67.5. The van der Waals surface area contributed by atoms with Crippen molar-refractivity contribution in [2.24, 2.45) is 22.5 Å². The number of nitrogens with two attached hydrogens (primary N) is 1. The van der Waals surface area contributed by atoms with Gasteiger partial charge in [0, 0.05) is 86.8 Å². The monoisotopic (exact) mass is 842 g/mol. The Bertz CT molecular complexity index is 2490. The third-order valence-electron chi connectivity index (χ3n) is 14.0. The maximum absolute atomic E-state index is 15.9. The van der Waals surface area contributed by atoms with Gasteiger partial charge in [-0.3, -0.25) is 34.0 Å². The first-order valence-corrected chi connectivity index (χ1v) is 21.5. The molecule has 4 fully saturated rings. The van der Waals surface area contributed by atoms with Gasteiger partial charge in [0.2, 0.25) is 5.91 Å². The smallest absolute Gasteiger partial charge is 0.269 e. The SMILES string of the molecule is CC1(C)C(Oc2ccc(C#N)c3ncccc23)C(C)(C)C1N1C(=O)CC[C@H](N2Cc3cc(N4CCN(CC5CCN(c6ccc(C(N)=O)nn6)CC5)CC4)c(F)cc3C2=O)C1=O. The Morgan fingerprint density at radius 1 is 0.935 bits per heavy atom. The lowest BCUT2D eigenvalue weighted by atomic mass is 9.48. The predicted molar refractivity (Wildman–Crippen MR) is 228 cm³/mol. The number of hydrogen-bond donors (Lipinski definition) is 1. The zero-order valence-corrected chi connectivity index (χ0v) is 35.5. The molecule has 0 unspecified atom stereocenters. The summed E-state index contributed by atoms with van der Waals surface area (Å²) in [6.07, 6.45) is 3.52. The van der Waals surface area contributed by atoms with Crippen LogP contribution in [0.1, 0.15) is 85.4 Å². The zero-order chi connectivity index (χ0) is 43.7. The molecule has 62 heavy (non-hydrogen) atoms. The van der Waals surface area contributed by atoms with Gasteiger partial charge in [-0.05, 0) is 79.3 Å². The second-order valence-electron chi connectivity index (χ2n) is 18.6. The van der Waals surface area contributed by atoms with Crippen molar-refractivity contribution in [1.29, 1.82) is 5.26 Å². The van der Waals surface area contributed by atoms with Crippen LogP contribution in [-0.2, 0) is 16.1 Å². The van der Waals surface area contributed by atoms with E-state index in [0.29, 0.717) is 52.5 Å². The fraction of sp³-hybridized carbons (Fsp3) is 0.478. The van der Waals surface area contributed by atoms with Crippen molar-refractivity contribution in [3.8, 4) is 11.8 Å². The average Bonchev–Trinajstić information content (AvgIpc) is 3.58. The second kappa shape index (κ2) is 15.6. The standard InChI is InChI=1S/C46H51FN10O5/c1-45(2)43(46(3,4)44(45)62-36-10-7-28(24-48)39-30(36)6-5-15-50-39)57-38(58)12-9-34(42(57)61)56-26-29-22-35(32(47)23-31(29)41(56)60)54-20-18-53(19-21-54)25-27-13-16-55(17-14-27)37-11-8-33(40(49)59)51-52-37/h5-8,10-11,15,22-23,27,34,43-44H,9,12-14,16-21,25-26H2,1-4H3,(H2,49,59)/t34-,43?,44?/m0/s1. The van der Waals surface area contributed by atoms with Crippen molar-refractivity contribution < 1.29 is 28.3 Å². The van der Waals surface area contributed by atoms with Crippen molar-refractivity contribution in [2.45, 2.75) is 78.1 Å². The summed E-state index contributed by atoms with van der Waals surface area (Å²) < 4.78 is 22.6. The molecule has 322 valence electrons. The number of imide groups is 1. The summed E-state index contributed by atoms with van der Waals surface area (Å²) in [5.41, 5.74) is 6.47. The first-order chi connectivity index (χ1) is 29.7. The van der Waals surface area contributed by atoms with Crippen molar-refractivity contribution in [2.75, 3.05) is 55.6 Å². The molecule has 1 aliphatic carbocycles. The molecule has 0 bridgehead atoms. The summed E-state index contributed by atoms with van der Waals surface area (Å²) >= 11 is 0. The Morgan fingerprint density at radius 2 is 1.68 bits per heavy atom. The summed E-state index contributed by atoms with van der Waals surface area (Å²) in [7, 11) is 0. The molecular weight excluding hydrogens is 792 g/mol. The van der Waals surface area contributed by atoms with Crippen LogP contribution in [0, 0.1) is 33.9 Å². The summed E-state index contributed by atoms with van der Waals surface area (Å²) in [6.45, 7) is 13.6. The number of benzene rings is 2. The number of ether oxygens (including phenoxy) is 1. The Kier molecular flexibility index (Phi) is 10.4. The van der Waals surface area contributed by atoms with Gasteiger partial charge in [0.15, 0.2) is 11.5 Å². The van der Waals surface area contributed by atoms with E-state index in [1.54, 1.807) is 42.6 Å². The normalized spacial score (nSPS) is 23.9. The average molecular weight is 843 g/mol. The van der Waals surface area contributed by atoms with Crippen molar-refractivity contribution in [1.82, 2.24) is 29.9 Å². The molecule has 4 aromatic rings. The number of carbonyl (C=O) groups excluding carboxylic acids is 4. The Hall–Kier alpha value is -6.21. The van der Waals surface area contributed by atoms with Gasteiger partial charge in [0.25, 0.3) is 17.7 Å². The van der Waals surface area contributed by atoms with Gasteiger partial charge in [-0.2, -0.15) is 5.26 Å². The van der Waals surface area contributed by atoms with Crippen molar-refractivity contribution >= 4 is 46.0 Å². The van der Waals surface area contributed by atoms with Crippen LogP contribution < -0.4 is 20.3 Å². The molecule has 16 heteroatoms. The van der Waals surface area contributed by atoms with Gasteiger partial charge in [-0.1, -0.05) is 27.7 Å². The van der Waals surface area contributed by atoms with Crippen LogP contribution in [-0.4, -0.2) is 118 Å². The quantitative estimate of drug-likeness (QED) is 0.233. The number of likely N-dealkylation sites (tertiary alicyclic amines) is 1. The zero-order valence-electron chi connectivity index (χ0n) is 35.5. The number of hydrogen-bond acceptors (Lipinski definition) is 12. The molecule has 1 saturated carbocycles. The Morgan fingerprint density at radius 3 is 2.35 bits per heavy atom. The predicted octanol–water partition coefficient (Wildman–Crippen LogP) is 4.53. The highest BCUT2D eigenvalue weighted by atomic mass is 19.1. The molecule has 9 rings (SSSR count). The molecule has 2 aromatic heterocycles. The number of anilines is 2. The number of halogens is 1. The van der Waals surface area contributed by atoms with E-state index in [1.165, 1.54) is 15.9 Å². The van der Waals surface area contributed by atoms with Crippen molar-refractivity contribution in [3.63, 3.8) is 0 Å². The largest absolute Gasteiger partial charge is 0.488 e. The highest BCUT2D eigenvalue weighted by Crippen LogP contribution is 2.59. The van der Waals surface area contributed by atoms with E-state index in [9.17, 15) is 24.4 Å². The molecule has 3 saturated heterocycles. The van der Waals surface area contributed by atoms with Gasteiger partial charge in [-0.15, -0.1) is 10.2 Å². The number of pyridine rings is 1. The fourth-order valence-corrected chi connectivity index (χ4v) is 11.2. The minimum atomic E-state index is -0.870. The number of fused-ring (bicyclic) bond motifs is 2. The molecule has 4 amide bonds. The maximum Gasteiger partial charge on any atom is 0.269 e. The number of piperidine rings is 2. The van der Waals surface area contributed by atoms with E-state index in [4.69, 9.17) is 10.5 Å². The molecule has 2 N–H and O–H groups in total. The lowest BCUT2D eigenvalue weighted by molar-refractivity contribution is -0.216. The number of primary amides is 1. The van der Waals surface area contributed by atoms with E-state index in [-0.39, 0.29) is 36.6 Å². The Labute approximate surface area is 359 Å². The van der Waals surface area contributed by atoms with Crippen molar-refractivity contribution in [3.05, 3.63) is 82.9 Å². The molecule has 5 aliphatic rings. The molecular formula is C46H51FN10O5. The van der Waals surface area contributed by atoms with Gasteiger partial charge in [0.1, 0.15) is 29.8 Å². The minimum absolute atomic E-state index is 0.0977. The number of carbonyl (C=O) groups is 4. The lowest BCUT2D eigenvalue weighted by Gasteiger charge is -2.66. The molecule has 15 nitrogen and oxygen atoms in total. The summed E-state index contributed by atoms with van der Waals surface area (Å²) in [6, 6.07) is 14.4. The number of amides is 4. The van der Waals surface area contributed by atoms with Gasteiger partial charge in [-0.25, -0.2) is 4.39 Å². The Balaban J connectivity index is 0.831. The van der Waals surface area contributed by atoms with E-state index in [1.807, 2.05) is 38.7 Å². The number of rotatable bonds is 9. The second-order valence-corrected chi connectivity index (χ2v) is 18.6. The van der Waals surface area contributed by atoms with E-state index < -0.39 is 52.6 Å². The number of aromatic nitrogens is 3. The van der Waals surface area contributed by atoms with E-state index >= 15 is 4.39 Å². The first kappa shape index (κ1) is 41.2. The number of piperazine rings is 1. The number of nitriles is 1. The molecule has 4 aliphatic heterocycles. The third-order valence-corrected chi connectivity index (χ3v) is 14.0. The molecule has 0 radical (unpaired) electrons. The molecule has 6 heterocycles. The highest BCUT2D eigenvalue weighted by molar-refractivity contribution is 6.06. The van der Waals surface area contributed by atoms with E-state index in [2.05, 4.69) is 31.1 Å². The highest BCUT2D eigenvalue weighted by Gasteiger charge is 2.68. The summed E-state index contributed by atoms with van der Waals surface area (Å²) in [5.74, 6) is -0.353. The third kappa shape index (κ3) is 6.96. The van der Waals surface area contributed by atoms with E-state index in [0.717, 1.165) is 51.4 Å². The van der Waals surface area contributed by atoms with Gasteiger partial charge < -0.3 is 25.2 Å². The molecule has 0 spiro atoms. The van der Waals surface area contributed by atoms with Crippen LogP contribution in [0.3, 0.4) is 0 Å². The first-order valence-electron chi connectivity index (χ1n) is 21.5. The maximum atomic E-state index is 15.9. The van der Waals surface area contributed by atoms with Gasteiger partial charge >= 0.3 is 0 Å². The van der Waals surface area contributed by atoms with Crippen LogP contribution >= 0.6 is 0 Å². The molecule has 2 aromatic carbocycles. The fourth-order valence-electron chi connectivity index (χ4n) is 11.2. The van der Waals surface area contributed by atoms with Crippen LogP contribution in [0.2, 0.25) is 0 Å². The van der Waals surface area contributed by atoms with Crippen LogP contribution in [0.5, 0.6) is 5.75 Å². The van der Waals surface area contributed by atoms with Crippen LogP contribution in [0.25, 0.3) is 10.9 Å². The number of nitrogens with zero attached hydrogens (tertiary/aromatic N) is 9. The van der Waals surface area contributed by atoms with Gasteiger partial charge in [0.05, 0.1) is 22.8 Å².